The molecular formula is C43H49Br2N5O7. The number of benzene rings is 4. The van der Waals surface area contributed by atoms with E-state index in [0.29, 0.717) is 32.5 Å². The number of rotatable bonds is 19. The molecule has 1 aromatic heterocycles. The number of nitrogens with zero attached hydrogens (tertiary/aromatic N) is 2. The van der Waals surface area contributed by atoms with Gasteiger partial charge in [-0.15, -0.1) is 0 Å². The molecule has 5 rings (SSSR count). The minimum atomic E-state index is -0.965. The first kappa shape index (κ1) is 45.0. The van der Waals surface area contributed by atoms with Crippen LogP contribution in [0.1, 0.15) is 41.4 Å². The summed E-state index contributed by atoms with van der Waals surface area (Å²) in [5, 5.41) is 22.2. The summed E-state index contributed by atoms with van der Waals surface area (Å²) in [6.07, 6.45) is 3.26. The third kappa shape index (κ3) is 14.9. The van der Waals surface area contributed by atoms with Gasteiger partial charge in [-0.3, -0.25) is 14.4 Å². The third-order valence-corrected chi connectivity index (χ3v) is 10.0. The molecule has 5 aromatic rings. The summed E-state index contributed by atoms with van der Waals surface area (Å²) >= 11 is 6.98. The largest absolute Gasteiger partial charge is 0.481 e. The summed E-state index contributed by atoms with van der Waals surface area (Å²) in [7, 11) is 3.04. The zero-order chi connectivity index (χ0) is 41.2. The molecule has 0 aliphatic rings. The normalized spacial score (nSPS) is 13.0. The Balaban J connectivity index is 0.000000257. The molecule has 0 radical (unpaired) electrons. The van der Waals surface area contributed by atoms with Crippen molar-refractivity contribution in [3.63, 3.8) is 0 Å². The smallest absolute Gasteiger partial charge is 0.311 e. The number of aromatic amines is 1. The van der Waals surface area contributed by atoms with Gasteiger partial charge in [0.15, 0.2) is 5.69 Å². The Hall–Kier alpha value is -4.73. The number of hydrogen-bond donors (Lipinski definition) is 4. The number of ether oxygens (including phenoxy) is 3. The van der Waals surface area contributed by atoms with Gasteiger partial charge in [0.25, 0.3) is 5.91 Å². The molecule has 14 heteroatoms. The average molecular weight is 908 g/mol. The molecule has 0 aliphatic carbocycles. The van der Waals surface area contributed by atoms with Crippen molar-refractivity contribution < 1.29 is 33.7 Å². The van der Waals surface area contributed by atoms with Crippen molar-refractivity contribution in [1.29, 1.82) is 0 Å². The number of nitrogens with one attached hydrogen (secondary N) is 2. The molecular weight excluding hydrogens is 858 g/mol. The highest BCUT2D eigenvalue weighted by molar-refractivity contribution is 9.10. The molecule has 5 N–H and O–H groups in total. The number of carboxylic acid groups (broad SMARTS) is 1. The zero-order valence-electron chi connectivity index (χ0n) is 32.2. The number of methoxy groups -OCH3 is 2. The Morgan fingerprint density at radius 3 is 1.79 bits per heavy atom. The predicted molar refractivity (Wildman–Crippen MR) is 226 cm³/mol. The Morgan fingerprint density at radius 1 is 0.772 bits per heavy atom. The molecule has 1 heterocycles. The molecule has 1 amide bonds. The second kappa shape index (κ2) is 23.5. The lowest BCUT2D eigenvalue weighted by atomic mass is 9.94. The van der Waals surface area contributed by atoms with Gasteiger partial charge in [-0.2, -0.15) is 15.4 Å². The number of carboxylic acids is 1. The maximum Gasteiger partial charge on any atom is 0.311 e. The lowest BCUT2D eigenvalue weighted by molar-refractivity contribution is -0.150. The first-order chi connectivity index (χ1) is 27.5. The lowest BCUT2D eigenvalue weighted by Crippen LogP contribution is -2.40. The fourth-order valence-corrected chi connectivity index (χ4v) is 7.08. The van der Waals surface area contributed by atoms with E-state index in [4.69, 9.17) is 19.9 Å². The molecule has 12 nitrogen and oxygen atoms in total. The van der Waals surface area contributed by atoms with Crippen LogP contribution in [0.4, 0.5) is 0 Å². The molecule has 0 unspecified atom stereocenters. The van der Waals surface area contributed by atoms with Crippen molar-refractivity contribution in [1.82, 2.24) is 20.7 Å². The number of H-pyrrole nitrogens is 1. The molecule has 4 aromatic carbocycles. The van der Waals surface area contributed by atoms with E-state index < -0.39 is 23.8 Å². The van der Waals surface area contributed by atoms with E-state index in [2.05, 4.69) is 89.0 Å². The Kier molecular flexibility index (Phi) is 18.5. The van der Waals surface area contributed by atoms with Crippen molar-refractivity contribution in [2.45, 2.75) is 44.7 Å². The van der Waals surface area contributed by atoms with Gasteiger partial charge in [0.2, 0.25) is 0 Å². The van der Waals surface area contributed by atoms with Crippen LogP contribution in [-0.4, -0.2) is 84.5 Å². The number of carbonyl (C=O) groups excluding carboxylic acids is 2. The Bertz CT molecular complexity index is 2000. The van der Waals surface area contributed by atoms with Crippen LogP contribution in [0.25, 0.3) is 22.3 Å². The monoisotopic (exact) mass is 905 g/mol. The second-order valence-electron chi connectivity index (χ2n) is 13.5. The van der Waals surface area contributed by atoms with Gasteiger partial charge in [0.1, 0.15) is 0 Å². The highest BCUT2D eigenvalue weighted by atomic mass is 79.9. The van der Waals surface area contributed by atoms with Crippen LogP contribution in [0.5, 0.6) is 0 Å². The molecule has 0 saturated heterocycles. The standard InChI is InChI=1S/C22H23BrN4O4.C21H26BrNO3/c1-31-13-17(22(29)30)11-19(25-21(28)20-12-24-27-26-20)9-14-5-7-15(8-6-14)16-3-2-4-18(23)10-16;1-3-26-21(24)18(14-25-2)13-20(23)11-15-7-9-16(10-8-15)17-5-4-6-19(22)12-17/h2-8,10,12,17,19H,9,11,13H2,1H3,(H,25,28)(H,29,30)(H,24,26,27);4-10,12,18,20H,3,11,13-14,23H2,1-2H3/t17-,19+;18-,20+/m00/s1. The first-order valence-corrected chi connectivity index (χ1v) is 20.1. The summed E-state index contributed by atoms with van der Waals surface area (Å²) in [4.78, 5) is 36.1. The minimum absolute atomic E-state index is 0.0630. The first-order valence-electron chi connectivity index (χ1n) is 18.5. The molecule has 0 spiro atoms. The molecule has 0 saturated carbocycles. The van der Waals surface area contributed by atoms with E-state index in [1.165, 1.54) is 13.3 Å². The Labute approximate surface area is 350 Å². The van der Waals surface area contributed by atoms with E-state index in [1.807, 2.05) is 60.7 Å². The molecule has 4 atom stereocenters. The molecule has 57 heavy (non-hydrogen) atoms. The summed E-state index contributed by atoms with van der Waals surface area (Å²) in [5.41, 5.74) is 13.0. The highest BCUT2D eigenvalue weighted by Crippen LogP contribution is 2.25. The SMILES string of the molecule is CCOC(=O)[C@H](COC)C[C@H](N)Cc1ccc(-c2cccc(Br)c2)cc1.COC[C@H](C[C@@H](Cc1ccc(-c2cccc(Br)c2)cc1)NC(=O)c1cn[nH]n1)C(=O)O. The van der Waals surface area contributed by atoms with Crippen molar-refractivity contribution in [2.24, 2.45) is 17.6 Å². The summed E-state index contributed by atoms with van der Waals surface area (Å²) in [6, 6.07) is 32.0. The van der Waals surface area contributed by atoms with Gasteiger partial charge in [-0.05, 0) is 90.3 Å². The lowest BCUT2D eigenvalue weighted by Gasteiger charge is -2.22. The predicted octanol–water partition coefficient (Wildman–Crippen LogP) is 7.51. The van der Waals surface area contributed by atoms with Gasteiger partial charge in [-0.1, -0.05) is 105 Å². The van der Waals surface area contributed by atoms with Crippen molar-refractivity contribution in [3.8, 4) is 22.3 Å². The van der Waals surface area contributed by atoms with Gasteiger partial charge in [-0.25, -0.2) is 0 Å². The van der Waals surface area contributed by atoms with Crippen LogP contribution < -0.4 is 11.1 Å². The topological polar surface area (TPSA) is 179 Å². The zero-order valence-corrected chi connectivity index (χ0v) is 35.4. The van der Waals surface area contributed by atoms with E-state index in [1.54, 1.807) is 14.0 Å². The number of esters is 1. The molecule has 0 aliphatic heterocycles. The molecule has 0 fully saturated rings. The van der Waals surface area contributed by atoms with Crippen molar-refractivity contribution in [2.75, 3.05) is 34.0 Å². The van der Waals surface area contributed by atoms with Crippen LogP contribution >= 0.6 is 31.9 Å². The maximum absolute atomic E-state index is 12.5. The van der Waals surface area contributed by atoms with Crippen LogP contribution in [0.3, 0.4) is 0 Å². The number of amides is 1. The van der Waals surface area contributed by atoms with Gasteiger partial charge in [0.05, 0.1) is 37.9 Å². The molecule has 0 bridgehead atoms. The average Bonchev–Trinajstić information content (AvgIpc) is 3.74. The quantitative estimate of drug-likeness (QED) is 0.0606. The second-order valence-corrected chi connectivity index (χ2v) is 15.3. The fraction of sp³-hybridized carbons (Fsp3) is 0.326. The Morgan fingerprint density at radius 2 is 1.32 bits per heavy atom. The third-order valence-electron chi connectivity index (χ3n) is 9.05. The van der Waals surface area contributed by atoms with Crippen LogP contribution in [-0.2, 0) is 36.6 Å². The highest BCUT2D eigenvalue weighted by Gasteiger charge is 2.26. The van der Waals surface area contributed by atoms with Gasteiger partial charge < -0.3 is 30.4 Å². The van der Waals surface area contributed by atoms with Crippen molar-refractivity contribution >= 4 is 49.7 Å². The summed E-state index contributed by atoms with van der Waals surface area (Å²) < 4.78 is 17.3. The number of aromatic nitrogens is 3. The van der Waals surface area contributed by atoms with E-state index in [9.17, 15) is 19.5 Å². The van der Waals surface area contributed by atoms with E-state index >= 15 is 0 Å². The number of aliphatic carboxylic acids is 1. The number of nitrogens with two attached hydrogens (primary N) is 1. The minimum Gasteiger partial charge on any atom is -0.481 e. The van der Waals surface area contributed by atoms with Crippen LogP contribution in [0.15, 0.2) is 112 Å². The van der Waals surface area contributed by atoms with E-state index in [-0.39, 0.29) is 36.7 Å². The van der Waals surface area contributed by atoms with Crippen LogP contribution in [0.2, 0.25) is 0 Å². The maximum atomic E-state index is 12.5. The molecule has 302 valence electrons. The van der Waals surface area contributed by atoms with Crippen LogP contribution in [0, 0.1) is 11.8 Å². The van der Waals surface area contributed by atoms with Gasteiger partial charge in [0, 0.05) is 35.2 Å². The van der Waals surface area contributed by atoms with Crippen molar-refractivity contribution in [3.05, 3.63) is 129 Å². The number of carbonyl (C=O) groups is 3. The fourth-order valence-electron chi connectivity index (χ4n) is 6.28. The number of halogens is 2. The summed E-state index contributed by atoms with van der Waals surface area (Å²) in [5.74, 6) is -2.68. The van der Waals surface area contributed by atoms with E-state index in [0.717, 1.165) is 42.3 Å². The van der Waals surface area contributed by atoms with Gasteiger partial charge >= 0.3 is 11.9 Å². The number of hydrogen-bond acceptors (Lipinski definition) is 9. The summed E-state index contributed by atoms with van der Waals surface area (Å²) in [6.45, 7) is 2.56.